The van der Waals surface area contributed by atoms with Crippen molar-refractivity contribution in [3.8, 4) is 0 Å². The molecule has 0 saturated heterocycles. The Labute approximate surface area is 53.7 Å². The second-order valence-corrected chi connectivity index (χ2v) is 2.74. The fraction of sp³-hybridized carbons (Fsp3) is 0.600. The van der Waals surface area contributed by atoms with E-state index in [0.29, 0.717) is 10.5 Å². The zero-order valence-electron chi connectivity index (χ0n) is 5.83. The molecule has 0 radical (unpaired) electrons. The van der Waals surface area contributed by atoms with Crippen LogP contribution < -0.4 is 4.48 Å². The van der Waals surface area contributed by atoms with Gasteiger partial charge in [-0.05, 0) is 0 Å². The summed E-state index contributed by atoms with van der Waals surface area (Å²) in [7, 11) is 5.90. The molecule has 0 aromatic carbocycles. The van der Waals surface area contributed by atoms with Crippen molar-refractivity contribution >= 4 is 6.01 Å². The monoisotopic (exact) mass is 128 g/mol. The van der Waals surface area contributed by atoms with Gasteiger partial charge in [-0.2, -0.15) is 0 Å². The van der Waals surface area contributed by atoms with Gasteiger partial charge in [0.05, 0.1) is 21.1 Å². The van der Waals surface area contributed by atoms with Gasteiger partial charge in [0.25, 0.3) is 0 Å². The highest BCUT2D eigenvalue weighted by Crippen LogP contribution is 2.08. The van der Waals surface area contributed by atoms with Gasteiger partial charge in [0.15, 0.2) is 6.33 Å². The number of hydrogen-bond donors (Lipinski definition) is 0. The van der Waals surface area contributed by atoms with Crippen LogP contribution in [0.4, 0.5) is 6.01 Å². The zero-order chi connectivity index (χ0) is 6.91. The molecule has 1 aromatic rings. The highest BCUT2D eigenvalue weighted by atomic mass is 16.5. The molecule has 0 aliphatic rings. The molecule has 1 heterocycles. The van der Waals surface area contributed by atoms with Crippen LogP contribution in [-0.2, 0) is 0 Å². The summed E-state index contributed by atoms with van der Waals surface area (Å²) >= 11 is 0. The molecule has 0 bridgehead atoms. The molecule has 4 heteroatoms. The summed E-state index contributed by atoms with van der Waals surface area (Å²) < 4.78 is 5.38. The quantitative estimate of drug-likeness (QED) is 0.509. The van der Waals surface area contributed by atoms with E-state index in [0.717, 1.165) is 0 Å². The summed E-state index contributed by atoms with van der Waals surface area (Å²) in [6.45, 7) is 0. The largest absolute Gasteiger partial charge is 0.426 e. The second kappa shape index (κ2) is 1.80. The Morgan fingerprint density at radius 2 is 2.11 bits per heavy atom. The molecule has 0 fully saturated rings. The molecular formula is C5H10N3O+. The van der Waals surface area contributed by atoms with Gasteiger partial charge >= 0.3 is 6.01 Å². The minimum Gasteiger partial charge on any atom is -0.283 e. The van der Waals surface area contributed by atoms with Gasteiger partial charge in [0, 0.05) is 0 Å². The van der Waals surface area contributed by atoms with E-state index in [2.05, 4.69) is 10.1 Å². The molecule has 0 N–H and O–H groups in total. The van der Waals surface area contributed by atoms with E-state index in [1.54, 1.807) is 0 Å². The molecule has 0 aliphatic heterocycles. The average molecular weight is 128 g/mol. The summed E-state index contributed by atoms with van der Waals surface area (Å²) in [5, 5.41) is 3.49. The SMILES string of the molecule is C[N+](C)(C)c1ncno1. The van der Waals surface area contributed by atoms with Crippen molar-refractivity contribution in [1.29, 1.82) is 0 Å². The van der Waals surface area contributed by atoms with E-state index in [9.17, 15) is 0 Å². The van der Waals surface area contributed by atoms with E-state index in [4.69, 9.17) is 4.52 Å². The van der Waals surface area contributed by atoms with Gasteiger partial charge in [0.2, 0.25) is 0 Å². The Bertz CT molecular complexity index is 175. The Morgan fingerprint density at radius 1 is 1.44 bits per heavy atom. The Kier molecular flexibility index (Phi) is 1.25. The van der Waals surface area contributed by atoms with Crippen molar-refractivity contribution in [2.45, 2.75) is 0 Å². The van der Waals surface area contributed by atoms with Gasteiger partial charge in [0.1, 0.15) is 0 Å². The van der Waals surface area contributed by atoms with Crippen molar-refractivity contribution < 1.29 is 4.52 Å². The van der Waals surface area contributed by atoms with Crippen LogP contribution in [0.1, 0.15) is 0 Å². The predicted octanol–water partition coefficient (Wildman–Crippen LogP) is 0.266. The van der Waals surface area contributed by atoms with Crippen molar-refractivity contribution in [3.05, 3.63) is 6.33 Å². The first-order valence-electron chi connectivity index (χ1n) is 2.69. The van der Waals surface area contributed by atoms with E-state index in [1.807, 2.05) is 21.1 Å². The van der Waals surface area contributed by atoms with Crippen molar-refractivity contribution in [2.24, 2.45) is 0 Å². The van der Waals surface area contributed by atoms with Crippen LogP contribution in [0.2, 0.25) is 0 Å². The fourth-order valence-electron chi connectivity index (χ4n) is 0.463. The lowest BCUT2D eigenvalue weighted by molar-refractivity contribution is 0.318. The standard InChI is InChI=1S/C5H10N3O/c1-8(2,3)5-6-4-7-9-5/h4H,1-3H3/q+1. The van der Waals surface area contributed by atoms with E-state index in [1.165, 1.54) is 6.33 Å². The third kappa shape index (κ3) is 1.26. The normalized spacial score (nSPS) is 11.9. The van der Waals surface area contributed by atoms with Gasteiger partial charge in [-0.25, -0.2) is 4.48 Å². The molecule has 1 aromatic heterocycles. The Hall–Kier alpha value is -0.900. The predicted molar refractivity (Wildman–Crippen MR) is 33.9 cm³/mol. The molecule has 0 unspecified atom stereocenters. The lowest BCUT2D eigenvalue weighted by atomic mass is 10.7. The number of rotatable bonds is 1. The summed E-state index contributed by atoms with van der Waals surface area (Å²) in [6, 6.07) is 0.620. The number of nitrogens with zero attached hydrogens (tertiary/aromatic N) is 3. The minimum absolute atomic E-state index is 0.569. The second-order valence-electron chi connectivity index (χ2n) is 2.74. The van der Waals surface area contributed by atoms with Gasteiger partial charge in [-0.1, -0.05) is 5.16 Å². The summed E-state index contributed by atoms with van der Waals surface area (Å²) in [5.74, 6) is 0. The van der Waals surface area contributed by atoms with Crippen LogP contribution in [0.15, 0.2) is 10.9 Å². The van der Waals surface area contributed by atoms with Gasteiger partial charge in [-0.3, -0.25) is 4.52 Å². The number of hydrogen-bond acceptors (Lipinski definition) is 3. The molecule has 0 aliphatic carbocycles. The molecule has 1 rings (SSSR count). The maximum absolute atomic E-state index is 4.81. The maximum Gasteiger partial charge on any atom is 0.426 e. The summed E-state index contributed by atoms with van der Waals surface area (Å²) in [4.78, 5) is 3.88. The van der Waals surface area contributed by atoms with Crippen LogP contribution in [-0.4, -0.2) is 31.3 Å². The molecule has 0 amide bonds. The van der Waals surface area contributed by atoms with Crippen LogP contribution in [0.3, 0.4) is 0 Å². The highest BCUT2D eigenvalue weighted by molar-refractivity contribution is 5.12. The van der Waals surface area contributed by atoms with E-state index in [-0.39, 0.29) is 0 Å². The Balaban J connectivity index is 2.90. The third-order valence-electron chi connectivity index (χ3n) is 0.924. The first kappa shape index (κ1) is 6.22. The molecular weight excluding hydrogens is 118 g/mol. The Morgan fingerprint density at radius 3 is 2.33 bits per heavy atom. The van der Waals surface area contributed by atoms with Crippen LogP contribution in [0.5, 0.6) is 0 Å². The average Bonchev–Trinajstić information content (AvgIpc) is 2.08. The van der Waals surface area contributed by atoms with Crippen molar-refractivity contribution in [2.75, 3.05) is 21.1 Å². The molecule has 9 heavy (non-hydrogen) atoms. The molecule has 0 atom stereocenters. The number of quaternary nitrogens is 1. The smallest absolute Gasteiger partial charge is 0.283 e. The van der Waals surface area contributed by atoms with Crippen LogP contribution >= 0.6 is 0 Å². The molecule has 0 spiro atoms. The van der Waals surface area contributed by atoms with E-state index < -0.39 is 0 Å². The van der Waals surface area contributed by atoms with Crippen molar-refractivity contribution in [1.82, 2.24) is 14.6 Å². The van der Waals surface area contributed by atoms with E-state index >= 15 is 0 Å². The first-order chi connectivity index (χ1) is 4.11. The fourth-order valence-corrected chi connectivity index (χ4v) is 0.463. The maximum atomic E-state index is 4.81. The third-order valence-corrected chi connectivity index (χ3v) is 0.924. The van der Waals surface area contributed by atoms with Gasteiger partial charge < -0.3 is 0 Å². The topological polar surface area (TPSA) is 38.9 Å². The highest BCUT2D eigenvalue weighted by Gasteiger charge is 2.17. The molecule has 50 valence electrons. The lowest BCUT2D eigenvalue weighted by Crippen LogP contribution is -2.34. The first-order valence-corrected chi connectivity index (χ1v) is 2.69. The zero-order valence-corrected chi connectivity index (χ0v) is 5.83. The van der Waals surface area contributed by atoms with Crippen LogP contribution in [0.25, 0.3) is 0 Å². The minimum atomic E-state index is 0.569. The summed E-state index contributed by atoms with van der Waals surface area (Å²) in [6.07, 6.45) is 1.40. The lowest BCUT2D eigenvalue weighted by Gasteiger charge is -2.15. The molecule has 0 saturated carbocycles. The van der Waals surface area contributed by atoms with Gasteiger partial charge in [-0.15, -0.1) is 4.98 Å². The number of aromatic nitrogens is 2. The van der Waals surface area contributed by atoms with Crippen molar-refractivity contribution in [3.63, 3.8) is 0 Å². The summed E-state index contributed by atoms with van der Waals surface area (Å²) in [5.41, 5.74) is 0. The van der Waals surface area contributed by atoms with Crippen LogP contribution in [0, 0.1) is 0 Å². The molecule has 4 nitrogen and oxygen atoms in total.